The van der Waals surface area contributed by atoms with Gasteiger partial charge in [-0.05, 0) is 42.3 Å². The number of methoxy groups -OCH3 is 2. The van der Waals surface area contributed by atoms with Gasteiger partial charge < -0.3 is 19.5 Å². The van der Waals surface area contributed by atoms with E-state index in [4.69, 9.17) is 25.8 Å². The molecule has 138 valence electrons. The van der Waals surface area contributed by atoms with Crippen molar-refractivity contribution in [3.05, 3.63) is 58.6 Å². The summed E-state index contributed by atoms with van der Waals surface area (Å²) in [5, 5.41) is 3.30. The summed E-state index contributed by atoms with van der Waals surface area (Å²) in [6.07, 6.45) is 3.21. The average Bonchev–Trinajstić information content (AvgIpc) is 2.66. The van der Waals surface area contributed by atoms with Crippen LogP contribution in [0.2, 0.25) is 5.02 Å². The summed E-state index contributed by atoms with van der Waals surface area (Å²) in [4.78, 5) is 12.0. The van der Waals surface area contributed by atoms with E-state index >= 15 is 0 Å². The smallest absolute Gasteiger partial charge is 0.244 e. The second-order valence-electron chi connectivity index (χ2n) is 5.35. The highest BCUT2D eigenvalue weighted by Gasteiger charge is 2.10. The van der Waals surface area contributed by atoms with Crippen molar-refractivity contribution in [1.82, 2.24) is 5.32 Å². The van der Waals surface area contributed by atoms with Gasteiger partial charge in [0, 0.05) is 23.7 Å². The highest BCUT2D eigenvalue weighted by molar-refractivity contribution is 6.31. The number of nitrogens with one attached hydrogen (secondary N) is 1. The van der Waals surface area contributed by atoms with Gasteiger partial charge in [0.15, 0.2) is 11.5 Å². The molecule has 26 heavy (non-hydrogen) atoms. The Morgan fingerprint density at radius 1 is 1.12 bits per heavy atom. The van der Waals surface area contributed by atoms with Crippen molar-refractivity contribution in [1.29, 1.82) is 0 Å². The molecule has 0 spiro atoms. The van der Waals surface area contributed by atoms with Gasteiger partial charge >= 0.3 is 0 Å². The fraction of sp³-hybridized carbons (Fsp3) is 0.250. The van der Waals surface area contributed by atoms with Crippen LogP contribution in [0.4, 0.5) is 0 Å². The van der Waals surface area contributed by atoms with E-state index in [1.54, 1.807) is 32.4 Å². The van der Waals surface area contributed by atoms with Crippen LogP contribution in [0.5, 0.6) is 17.2 Å². The predicted octanol–water partition coefficient (Wildman–Crippen LogP) is 4.09. The average molecular weight is 376 g/mol. The van der Waals surface area contributed by atoms with Crippen molar-refractivity contribution in [3.63, 3.8) is 0 Å². The molecule has 1 amide bonds. The summed E-state index contributed by atoms with van der Waals surface area (Å²) >= 11 is 6.22. The molecule has 0 saturated carbocycles. The SMILES string of the molecule is CCOc1ccc(/C=C/C(=O)NCc2cc(OC)c(OC)cc2Cl)cc1. The highest BCUT2D eigenvalue weighted by Crippen LogP contribution is 2.32. The van der Waals surface area contributed by atoms with Crippen LogP contribution < -0.4 is 19.5 Å². The topological polar surface area (TPSA) is 56.8 Å². The van der Waals surface area contributed by atoms with Gasteiger partial charge in [0.1, 0.15) is 5.75 Å². The Kier molecular flexibility index (Phi) is 7.36. The van der Waals surface area contributed by atoms with Crippen LogP contribution in [-0.2, 0) is 11.3 Å². The van der Waals surface area contributed by atoms with Crippen LogP contribution in [0.15, 0.2) is 42.5 Å². The second kappa shape index (κ2) is 9.73. The Morgan fingerprint density at radius 3 is 2.38 bits per heavy atom. The van der Waals surface area contributed by atoms with E-state index in [1.807, 2.05) is 31.2 Å². The maximum Gasteiger partial charge on any atom is 0.244 e. The summed E-state index contributed by atoms with van der Waals surface area (Å²) in [6, 6.07) is 10.9. The first-order valence-electron chi connectivity index (χ1n) is 8.16. The number of benzene rings is 2. The molecule has 2 rings (SSSR count). The molecule has 0 radical (unpaired) electrons. The minimum Gasteiger partial charge on any atom is -0.494 e. The van der Waals surface area contributed by atoms with Crippen molar-refractivity contribution in [2.24, 2.45) is 0 Å². The molecule has 5 nitrogen and oxygen atoms in total. The minimum atomic E-state index is -0.218. The van der Waals surface area contributed by atoms with Crippen molar-refractivity contribution in [2.45, 2.75) is 13.5 Å². The van der Waals surface area contributed by atoms with Gasteiger partial charge in [0.2, 0.25) is 5.91 Å². The lowest BCUT2D eigenvalue weighted by atomic mass is 10.2. The second-order valence-corrected chi connectivity index (χ2v) is 5.76. The first kappa shape index (κ1) is 19.7. The van der Waals surface area contributed by atoms with Gasteiger partial charge in [-0.15, -0.1) is 0 Å². The number of carbonyl (C=O) groups excluding carboxylic acids is 1. The monoisotopic (exact) mass is 375 g/mol. The van der Waals surface area contributed by atoms with Gasteiger partial charge in [-0.25, -0.2) is 0 Å². The molecule has 0 aromatic heterocycles. The lowest BCUT2D eigenvalue weighted by Crippen LogP contribution is -2.20. The molecule has 0 unspecified atom stereocenters. The first-order valence-corrected chi connectivity index (χ1v) is 8.54. The zero-order valence-corrected chi connectivity index (χ0v) is 15.8. The van der Waals surface area contributed by atoms with E-state index in [9.17, 15) is 4.79 Å². The third-order valence-corrected chi connectivity index (χ3v) is 3.98. The van der Waals surface area contributed by atoms with Crippen LogP contribution in [0, 0.1) is 0 Å². The fourth-order valence-electron chi connectivity index (χ4n) is 2.29. The standard InChI is InChI=1S/C20H22ClNO4/c1-4-26-16-8-5-14(6-9-16)7-10-20(23)22-13-15-11-18(24-2)19(25-3)12-17(15)21/h5-12H,4,13H2,1-3H3,(H,22,23)/b10-7+. The van der Waals surface area contributed by atoms with Crippen LogP contribution >= 0.6 is 11.6 Å². The van der Waals surface area contributed by atoms with Gasteiger partial charge in [-0.1, -0.05) is 23.7 Å². The van der Waals surface area contributed by atoms with E-state index in [2.05, 4.69) is 5.32 Å². The molecule has 2 aromatic rings. The van der Waals surface area contributed by atoms with Crippen LogP contribution in [0.25, 0.3) is 6.08 Å². The highest BCUT2D eigenvalue weighted by atomic mass is 35.5. The fourth-order valence-corrected chi connectivity index (χ4v) is 2.51. The van der Waals surface area contributed by atoms with Crippen LogP contribution in [-0.4, -0.2) is 26.7 Å². The molecule has 0 aliphatic rings. The maximum absolute atomic E-state index is 12.0. The summed E-state index contributed by atoms with van der Waals surface area (Å²) in [5.41, 5.74) is 1.65. The summed E-state index contributed by atoms with van der Waals surface area (Å²) < 4.78 is 15.8. The molecule has 0 atom stereocenters. The van der Waals surface area contributed by atoms with Crippen LogP contribution in [0.1, 0.15) is 18.1 Å². The molecule has 0 aliphatic heterocycles. The predicted molar refractivity (Wildman–Crippen MR) is 103 cm³/mol. The molecule has 0 fully saturated rings. The van der Waals surface area contributed by atoms with Gasteiger partial charge in [-0.2, -0.15) is 0 Å². The Balaban J connectivity index is 1.96. The minimum absolute atomic E-state index is 0.218. The van der Waals surface area contributed by atoms with Gasteiger partial charge in [0.05, 0.1) is 20.8 Å². The first-order chi connectivity index (χ1) is 12.6. The number of amides is 1. The lowest BCUT2D eigenvalue weighted by Gasteiger charge is -2.12. The number of hydrogen-bond donors (Lipinski definition) is 1. The number of halogens is 1. The Labute approximate surface area is 158 Å². The Morgan fingerprint density at radius 2 is 1.77 bits per heavy atom. The summed E-state index contributed by atoms with van der Waals surface area (Å²) in [5.74, 6) is 1.69. The molecule has 1 N–H and O–H groups in total. The zero-order chi connectivity index (χ0) is 18.9. The van der Waals surface area contributed by atoms with Gasteiger partial charge in [0.25, 0.3) is 0 Å². The van der Waals surface area contributed by atoms with E-state index in [-0.39, 0.29) is 12.5 Å². The molecule has 0 aliphatic carbocycles. The molecule has 0 bridgehead atoms. The molecule has 0 saturated heterocycles. The number of carbonyl (C=O) groups is 1. The van der Waals surface area contributed by atoms with Crippen molar-refractivity contribution >= 4 is 23.6 Å². The summed E-state index contributed by atoms with van der Waals surface area (Å²) in [7, 11) is 3.09. The molecule has 6 heteroatoms. The third kappa shape index (κ3) is 5.43. The number of rotatable bonds is 8. The van der Waals surface area contributed by atoms with E-state index in [0.29, 0.717) is 23.1 Å². The molecular weight excluding hydrogens is 354 g/mol. The largest absolute Gasteiger partial charge is 0.494 e. The Bertz CT molecular complexity index is 772. The van der Waals surface area contributed by atoms with Gasteiger partial charge in [-0.3, -0.25) is 4.79 Å². The number of ether oxygens (including phenoxy) is 3. The zero-order valence-electron chi connectivity index (χ0n) is 15.0. The molecular formula is C20H22ClNO4. The van der Waals surface area contributed by atoms with Crippen molar-refractivity contribution < 1.29 is 19.0 Å². The normalized spacial score (nSPS) is 10.6. The van der Waals surface area contributed by atoms with Crippen molar-refractivity contribution in [2.75, 3.05) is 20.8 Å². The Hall–Kier alpha value is -2.66. The van der Waals surface area contributed by atoms with E-state index < -0.39 is 0 Å². The van der Waals surface area contributed by atoms with Crippen molar-refractivity contribution in [3.8, 4) is 17.2 Å². The molecule has 2 aromatic carbocycles. The number of hydrogen-bond acceptors (Lipinski definition) is 4. The maximum atomic E-state index is 12.0. The van der Waals surface area contributed by atoms with Crippen LogP contribution in [0.3, 0.4) is 0 Å². The van der Waals surface area contributed by atoms with E-state index in [0.717, 1.165) is 16.9 Å². The van der Waals surface area contributed by atoms with E-state index in [1.165, 1.54) is 6.08 Å². The lowest BCUT2D eigenvalue weighted by molar-refractivity contribution is -0.116. The molecule has 0 heterocycles. The quantitative estimate of drug-likeness (QED) is 0.706. The third-order valence-electron chi connectivity index (χ3n) is 3.62. The summed E-state index contributed by atoms with van der Waals surface area (Å²) in [6.45, 7) is 2.84.